The van der Waals surface area contributed by atoms with Crippen molar-refractivity contribution in [1.29, 1.82) is 0 Å². The number of carbonyl (C=O) groups is 1. The largest absolute Gasteiger partial charge is 0.355 e. The van der Waals surface area contributed by atoms with Crippen molar-refractivity contribution in [3.05, 3.63) is 0 Å². The molecule has 4 nitrogen and oxygen atoms in total. The predicted molar refractivity (Wildman–Crippen MR) is 73.5 cm³/mol. The molecule has 1 heterocycles. The van der Waals surface area contributed by atoms with Crippen LogP contribution in [0.1, 0.15) is 39.0 Å². The van der Waals surface area contributed by atoms with Gasteiger partial charge in [-0.3, -0.25) is 9.69 Å². The van der Waals surface area contributed by atoms with E-state index >= 15 is 0 Å². The van der Waals surface area contributed by atoms with E-state index < -0.39 is 0 Å². The average Bonchev–Trinajstić information content (AvgIpc) is 3.08. The van der Waals surface area contributed by atoms with Crippen molar-refractivity contribution in [2.75, 3.05) is 32.7 Å². The number of hydrogen-bond acceptors (Lipinski definition) is 3. The molecule has 0 aromatic heterocycles. The van der Waals surface area contributed by atoms with Crippen molar-refractivity contribution in [3.8, 4) is 0 Å². The first-order valence-corrected chi connectivity index (χ1v) is 7.51. The second-order valence-electron chi connectivity index (χ2n) is 5.61. The van der Waals surface area contributed by atoms with Crippen molar-refractivity contribution in [2.24, 2.45) is 5.92 Å². The number of carbonyl (C=O) groups excluding carboxylic acids is 1. The zero-order valence-electron chi connectivity index (χ0n) is 11.6. The second kappa shape index (κ2) is 7.10. The number of likely N-dealkylation sites (N-methyl/N-ethyl adjacent to an activating group) is 1. The standard InChI is InChI=1S/C14H27N3O/c1-2-17(13-4-5-13)10-9-16-14(18)6-3-12-7-8-15-11-12/h12-13,15H,2-11H2,1H3,(H,16,18). The van der Waals surface area contributed by atoms with Crippen molar-refractivity contribution in [3.63, 3.8) is 0 Å². The van der Waals surface area contributed by atoms with Gasteiger partial charge in [-0.2, -0.15) is 0 Å². The lowest BCUT2D eigenvalue weighted by atomic mass is 10.0. The molecule has 1 aliphatic carbocycles. The summed E-state index contributed by atoms with van der Waals surface area (Å²) in [5.41, 5.74) is 0. The lowest BCUT2D eigenvalue weighted by molar-refractivity contribution is -0.121. The van der Waals surface area contributed by atoms with Crippen LogP contribution >= 0.6 is 0 Å². The van der Waals surface area contributed by atoms with Crippen LogP contribution in [0.2, 0.25) is 0 Å². The van der Waals surface area contributed by atoms with Gasteiger partial charge in [-0.15, -0.1) is 0 Å². The maximum atomic E-state index is 11.7. The highest BCUT2D eigenvalue weighted by atomic mass is 16.1. The van der Waals surface area contributed by atoms with Crippen LogP contribution < -0.4 is 10.6 Å². The van der Waals surface area contributed by atoms with Crippen LogP contribution in [0.15, 0.2) is 0 Å². The molecule has 18 heavy (non-hydrogen) atoms. The highest BCUT2D eigenvalue weighted by Crippen LogP contribution is 2.25. The lowest BCUT2D eigenvalue weighted by Crippen LogP contribution is -2.36. The summed E-state index contributed by atoms with van der Waals surface area (Å²) in [6, 6.07) is 0.802. The minimum Gasteiger partial charge on any atom is -0.355 e. The van der Waals surface area contributed by atoms with Crippen LogP contribution in [0, 0.1) is 5.92 Å². The summed E-state index contributed by atoms with van der Waals surface area (Å²) in [7, 11) is 0. The molecule has 2 fully saturated rings. The van der Waals surface area contributed by atoms with E-state index in [-0.39, 0.29) is 5.91 Å². The van der Waals surface area contributed by atoms with Crippen LogP contribution in [0.4, 0.5) is 0 Å². The van der Waals surface area contributed by atoms with Gasteiger partial charge in [0, 0.05) is 25.6 Å². The van der Waals surface area contributed by atoms with Gasteiger partial charge >= 0.3 is 0 Å². The SMILES string of the molecule is CCN(CCNC(=O)CCC1CCNC1)C1CC1. The van der Waals surface area contributed by atoms with Gasteiger partial charge in [0.1, 0.15) is 0 Å². The third-order valence-electron chi connectivity index (χ3n) is 4.13. The molecule has 0 radical (unpaired) electrons. The van der Waals surface area contributed by atoms with E-state index in [0.717, 1.165) is 45.2 Å². The Morgan fingerprint density at radius 2 is 2.22 bits per heavy atom. The Hall–Kier alpha value is -0.610. The van der Waals surface area contributed by atoms with Gasteiger partial charge in [-0.05, 0) is 51.2 Å². The zero-order valence-corrected chi connectivity index (χ0v) is 11.6. The van der Waals surface area contributed by atoms with Gasteiger partial charge in [0.25, 0.3) is 0 Å². The van der Waals surface area contributed by atoms with E-state index in [0.29, 0.717) is 12.3 Å². The Balaban J connectivity index is 1.51. The fourth-order valence-electron chi connectivity index (χ4n) is 2.76. The molecule has 1 unspecified atom stereocenters. The summed E-state index contributed by atoms with van der Waals surface area (Å²) in [6.45, 7) is 7.35. The summed E-state index contributed by atoms with van der Waals surface area (Å²) < 4.78 is 0. The Bertz CT molecular complexity index is 260. The number of rotatable bonds is 8. The predicted octanol–water partition coefficient (Wildman–Crippen LogP) is 0.977. The quantitative estimate of drug-likeness (QED) is 0.678. The molecule has 0 bridgehead atoms. The first-order chi connectivity index (χ1) is 8.79. The molecule has 2 aliphatic rings. The molecule has 2 N–H and O–H groups in total. The molecule has 1 atom stereocenters. The second-order valence-corrected chi connectivity index (χ2v) is 5.61. The molecule has 1 aliphatic heterocycles. The normalized spacial score (nSPS) is 23.6. The van der Waals surface area contributed by atoms with Crippen LogP contribution in [0.3, 0.4) is 0 Å². The first-order valence-electron chi connectivity index (χ1n) is 7.51. The molecule has 1 saturated heterocycles. The number of hydrogen-bond donors (Lipinski definition) is 2. The molecule has 2 rings (SSSR count). The molecule has 0 spiro atoms. The molecular weight excluding hydrogens is 226 g/mol. The molecule has 1 saturated carbocycles. The van der Waals surface area contributed by atoms with Gasteiger partial charge in [0.15, 0.2) is 0 Å². The zero-order chi connectivity index (χ0) is 12.8. The summed E-state index contributed by atoms with van der Waals surface area (Å²) in [5.74, 6) is 0.947. The summed E-state index contributed by atoms with van der Waals surface area (Å²) >= 11 is 0. The molecule has 104 valence electrons. The minimum absolute atomic E-state index is 0.230. The van der Waals surface area contributed by atoms with Crippen molar-refractivity contribution in [1.82, 2.24) is 15.5 Å². The van der Waals surface area contributed by atoms with E-state index in [1.807, 2.05) is 0 Å². The fourth-order valence-corrected chi connectivity index (χ4v) is 2.76. The van der Waals surface area contributed by atoms with Gasteiger partial charge in [-0.25, -0.2) is 0 Å². The highest BCUT2D eigenvalue weighted by Gasteiger charge is 2.27. The van der Waals surface area contributed by atoms with Crippen molar-refractivity contribution in [2.45, 2.75) is 45.1 Å². The fraction of sp³-hybridized carbons (Fsp3) is 0.929. The van der Waals surface area contributed by atoms with E-state index in [1.54, 1.807) is 0 Å². The maximum absolute atomic E-state index is 11.7. The summed E-state index contributed by atoms with van der Waals surface area (Å²) in [6.07, 6.45) is 5.66. The molecular formula is C14H27N3O. The van der Waals surface area contributed by atoms with E-state index in [2.05, 4.69) is 22.5 Å². The van der Waals surface area contributed by atoms with Crippen molar-refractivity contribution < 1.29 is 4.79 Å². The minimum atomic E-state index is 0.230. The topological polar surface area (TPSA) is 44.4 Å². The average molecular weight is 253 g/mol. The third kappa shape index (κ3) is 4.58. The van der Waals surface area contributed by atoms with E-state index in [9.17, 15) is 4.79 Å². The Kier molecular flexibility index (Phi) is 5.45. The van der Waals surface area contributed by atoms with Gasteiger partial charge in [-0.1, -0.05) is 6.92 Å². The van der Waals surface area contributed by atoms with Crippen LogP contribution in [-0.4, -0.2) is 49.6 Å². The Labute approximate surface area is 110 Å². The smallest absolute Gasteiger partial charge is 0.220 e. The number of nitrogens with zero attached hydrogens (tertiary/aromatic N) is 1. The van der Waals surface area contributed by atoms with Crippen LogP contribution in [0.5, 0.6) is 0 Å². The van der Waals surface area contributed by atoms with Gasteiger partial charge in [0.05, 0.1) is 0 Å². The van der Waals surface area contributed by atoms with Crippen molar-refractivity contribution >= 4 is 5.91 Å². The molecule has 4 heteroatoms. The molecule has 0 aromatic rings. The Morgan fingerprint density at radius 1 is 1.39 bits per heavy atom. The van der Waals surface area contributed by atoms with E-state index in [1.165, 1.54) is 19.3 Å². The highest BCUT2D eigenvalue weighted by molar-refractivity contribution is 5.75. The van der Waals surface area contributed by atoms with Crippen LogP contribution in [0.25, 0.3) is 0 Å². The third-order valence-corrected chi connectivity index (χ3v) is 4.13. The van der Waals surface area contributed by atoms with Gasteiger partial charge in [0.2, 0.25) is 5.91 Å². The summed E-state index contributed by atoms with van der Waals surface area (Å²) in [4.78, 5) is 14.2. The molecule has 0 aromatic carbocycles. The first kappa shape index (κ1) is 13.8. The Morgan fingerprint density at radius 3 is 2.83 bits per heavy atom. The maximum Gasteiger partial charge on any atom is 0.220 e. The monoisotopic (exact) mass is 253 g/mol. The molecule has 1 amide bonds. The lowest BCUT2D eigenvalue weighted by Gasteiger charge is -2.19. The van der Waals surface area contributed by atoms with E-state index in [4.69, 9.17) is 0 Å². The summed E-state index contributed by atoms with van der Waals surface area (Å²) in [5, 5.41) is 6.40. The number of amides is 1. The van der Waals surface area contributed by atoms with Crippen LogP contribution in [-0.2, 0) is 4.79 Å². The number of nitrogens with one attached hydrogen (secondary N) is 2. The van der Waals surface area contributed by atoms with Gasteiger partial charge < -0.3 is 10.6 Å².